The Kier molecular flexibility index (Phi) is 6.63. The highest BCUT2D eigenvalue weighted by atomic mass is 19.1. The van der Waals surface area contributed by atoms with Gasteiger partial charge in [0.15, 0.2) is 0 Å². The second-order valence-corrected chi connectivity index (χ2v) is 7.48. The van der Waals surface area contributed by atoms with E-state index in [9.17, 15) is 4.39 Å². The Bertz CT molecular complexity index is 622. The molecule has 0 saturated heterocycles. The molecule has 1 aliphatic rings. The van der Waals surface area contributed by atoms with E-state index in [1.165, 1.54) is 23.1 Å². The third-order valence-electron chi connectivity index (χ3n) is 5.39. The molecule has 0 heterocycles. The van der Waals surface area contributed by atoms with Crippen LogP contribution in [0.5, 0.6) is 0 Å². The number of aryl methyl sites for hydroxylation is 1. The summed E-state index contributed by atoms with van der Waals surface area (Å²) in [6, 6.07) is 19.3. The van der Waals surface area contributed by atoms with E-state index >= 15 is 0 Å². The van der Waals surface area contributed by atoms with Crippen LogP contribution in [0.1, 0.15) is 54.7 Å². The molecular formula is C23H30FN. The van der Waals surface area contributed by atoms with Gasteiger partial charge in [-0.2, -0.15) is 0 Å². The molecule has 0 aromatic heterocycles. The van der Waals surface area contributed by atoms with Crippen molar-refractivity contribution in [3.63, 3.8) is 0 Å². The second kappa shape index (κ2) is 9.15. The number of alkyl halides is 1. The van der Waals surface area contributed by atoms with Gasteiger partial charge in [0.1, 0.15) is 6.17 Å². The molecule has 0 aliphatic heterocycles. The first-order valence-corrected chi connectivity index (χ1v) is 9.68. The molecule has 1 aliphatic carbocycles. The molecule has 2 heteroatoms. The van der Waals surface area contributed by atoms with E-state index in [1.54, 1.807) is 0 Å². The quantitative estimate of drug-likeness (QED) is 0.621. The Morgan fingerprint density at radius 2 is 1.64 bits per heavy atom. The van der Waals surface area contributed by atoms with Gasteiger partial charge in [-0.15, -0.1) is 0 Å². The first-order chi connectivity index (χ1) is 12.2. The number of halogens is 1. The van der Waals surface area contributed by atoms with Crippen molar-refractivity contribution in [3.05, 3.63) is 71.3 Å². The van der Waals surface area contributed by atoms with Gasteiger partial charge in [0.2, 0.25) is 0 Å². The first-order valence-electron chi connectivity index (χ1n) is 9.68. The summed E-state index contributed by atoms with van der Waals surface area (Å²) in [7, 11) is 2.18. The molecule has 1 saturated carbocycles. The van der Waals surface area contributed by atoms with E-state index in [0.29, 0.717) is 0 Å². The Morgan fingerprint density at radius 1 is 0.920 bits per heavy atom. The van der Waals surface area contributed by atoms with E-state index in [-0.39, 0.29) is 5.92 Å². The molecule has 1 nitrogen and oxygen atoms in total. The standard InChI is InChI=1S/C23H30FN/c1-25(18-20-8-3-2-4-9-20)17-7-10-19-13-15-21(16-14-19)22-11-5-6-12-23(22)24/h2-4,8-9,13-16,22-23H,5-7,10-12,17-18H2,1H3. The van der Waals surface area contributed by atoms with Crippen molar-refractivity contribution in [1.29, 1.82) is 0 Å². The Hall–Kier alpha value is -1.67. The zero-order valence-electron chi connectivity index (χ0n) is 15.3. The molecular weight excluding hydrogens is 309 g/mol. The highest BCUT2D eigenvalue weighted by Gasteiger charge is 2.25. The van der Waals surface area contributed by atoms with Gasteiger partial charge in [-0.3, -0.25) is 0 Å². The lowest BCUT2D eigenvalue weighted by Gasteiger charge is -2.26. The van der Waals surface area contributed by atoms with E-state index in [4.69, 9.17) is 0 Å². The minimum absolute atomic E-state index is 0.125. The van der Waals surface area contributed by atoms with Gasteiger partial charge < -0.3 is 4.90 Å². The van der Waals surface area contributed by atoms with Crippen molar-refractivity contribution in [2.24, 2.45) is 0 Å². The molecule has 0 N–H and O–H groups in total. The van der Waals surface area contributed by atoms with E-state index in [2.05, 4.69) is 66.5 Å². The summed E-state index contributed by atoms with van der Waals surface area (Å²) in [5.41, 5.74) is 3.92. The average molecular weight is 339 g/mol. The van der Waals surface area contributed by atoms with Crippen LogP contribution >= 0.6 is 0 Å². The van der Waals surface area contributed by atoms with Gasteiger partial charge in [-0.1, -0.05) is 67.4 Å². The Labute approximate surface area is 151 Å². The van der Waals surface area contributed by atoms with Gasteiger partial charge in [0, 0.05) is 12.5 Å². The second-order valence-electron chi connectivity index (χ2n) is 7.48. The smallest absolute Gasteiger partial charge is 0.107 e. The predicted octanol–water partition coefficient (Wildman–Crippen LogP) is 5.75. The van der Waals surface area contributed by atoms with E-state index in [0.717, 1.165) is 45.2 Å². The maximum atomic E-state index is 14.1. The van der Waals surface area contributed by atoms with Crippen LogP contribution in [-0.4, -0.2) is 24.7 Å². The van der Waals surface area contributed by atoms with Crippen LogP contribution in [0.2, 0.25) is 0 Å². The van der Waals surface area contributed by atoms with Crippen LogP contribution in [0.3, 0.4) is 0 Å². The summed E-state index contributed by atoms with van der Waals surface area (Å²) in [5, 5.41) is 0. The summed E-state index contributed by atoms with van der Waals surface area (Å²) in [4.78, 5) is 2.37. The summed E-state index contributed by atoms with van der Waals surface area (Å²) in [6.07, 6.45) is 5.55. The Morgan fingerprint density at radius 3 is 2.36 bits per heavy atom. The fraction of sp³-hybridized carbons (Fsp3) is 0.478. The lowest BCUT2D eigenvalue weighted by molar-refractivity contribution is 0.216. The largest absolute Gasteiger partial charge is 0.302 e. The molecule has 0 bridgehead atoms. The van der Waals surface area contributed by atoms with Gasteiger partial charge in [0.05, 0.1) is 0 Å². The van der Waals surface area contributed by atoms with Gasteiger partial charge in [-0.25, -0.2) is 4.39 Å². The summed E-state index contributed by atoms with van der Waals surface area (Å²) < 4.78 is 14.1. The monoisotopic (exact) mass is 339 g/mol. The highest BCUT2D eigenvalue weighted by Crippen LogP contribution is 2.35. The van der Waals surface area contributed by atoms with Crippen LogP contribution in [0.15, 0.2) is 54.6 Å². The summed E-state index contributed by atoms with van der Waals surface area (Å²) in [5.74, 6) is 0.125. The molecule has 1 fully saturated rings. The molecule has 2 unspecified atom stereocenters. The molecule has 0 spiro atoms. The SMILES string of the molecule is CN(CCCc1ccc(C2CCCCC2F)cc1)Cc1ccccc1. The molecule has 25 heavy (non-hydrogen) atoms. The minimum Gasteiger partial charge on any atom is -0.302 e. The molecule has 134 valence electrons. The van der Waals surface area contributed by atoms with Crippen molar-refractivity contribution < 1.29 is 4.39 Å². The lowest BCUT2D eigenvalue weighted by Crippen LogP contribution is -2.19. The Balaban J connectivity index is 1.44. The normalized spacial score (nSPS) is 20.8. The number of hydrogen-bond acceptors (Lipinski definition) is 1. The number of nitrogens with zero attached hydrogens (tertiary/aromatic N) is 1. The molecule has 2 aromatic rings. The number of hydrogen-bond donors (Lipinski definition) is 0. The van der Waals surface area contributed by atoms with Crippen LogP contribution in [0.4, 0.5) is 4.39 Å². The summed E-state index contributed by atoms with van der Waals surface area (Å²) in [6.45, 7) is 2.09. The zero-order valence-corrected chi connectivity index (χ0v) is 15.3. The molecule has 3 rings (SSSR count). The van der Waals surface area contributed by atoms with Crippen LogP contribution < -0.4 is 0 Å². The minimum atomic E-state index is -0.647. The third kappa shape index (κ3) is 5.40. The number of rotatable bonds is 7. The fourth-order valence-corrected chi connectivity index (χ4v) is 3.92. The van der Waals surface area contributed by atoms with Crippen LogP contribution in [0, 0.1) is 0 Å². The predicted molar refractivity (Wildman–Crippen MR) is 104 cm³/mol. The molecule has 2 atom stereocenters. The third-order valence-corrected chi connectivity index (χ3v) is 5.39. The molecule has 2 aromatic carbocycles. The number of benzene rings is 2. The van der Waals surface area contributed by atoms with Crippen molar-refractivity contribution in [2.45, 2.75) is 57.2 Å². The van der Waals surface area contributed by atoms with Crippen molar-refractivity contribution in [1.82, 2.24) is 4.90 Å². The van der Waals surface area contributed by atoms with Crippen molar-refractivity contribution in [2.75, 3.05) is 13.6 Å². The molecule has 0 amide bonds. The van der Waals surface area contributed by atoms with Gasteiger partial charge in [-0.05, 0) is 56.0 Å². The topological polar surface area (TPSA) is 3.24 Å². The summed E-state index contributed by atoms with van der Waals surface area (Å²) >= 11 is 0. The van der Waals surface area contributed by atoms with Crippen LogP contribution in [-0.2, 0) is 13.0 Å². The van der Waals surface area contributed by atoms with E-state index in [1.807, 2.05) is 0 Å². The van der Waals surface area contributed by atoms with Crippen molar-refractivity contribution >= 4 is 0 Å². The zero-order chi connectivity index (χ0) is 17.5. The highest BCUT2D eigenvalue weighted by molar-refractivity contribution is 5.26. The van der Waals surface area contributed by atoms with Crippen molar-refractivity contribution in [3.8, 4) is 0 Å². The van der Waals surface area contributed by atoms with E-state index < -0.39 is 6.17 Å². The maximum Gasteiger partial charge on any atom is 0.107 e. The molecule has 0 radical (unpaired) electrons. The van der Waals surface area contributed by atoms with Crippen LogP contribution in [0.25, 0.3) is 0 Å². The van der Waals surface area contributed by atoms with Gasteiger partial charge in [0.25, 0.3) is 0 Å². The first kappa shape index (κ1) is 18.1. The fourth-order valence-electron chi connectivity index (χ4n) is 3.92. The maximum absolute atomic E-state index is 14.1. The average Bonchev–Trinajstić information content (AvgIpc) is 2.64. The van der Waals surface area contributed by atoms with Gasteiger partial charge >= 0.3 is 0 Å². The lowest BCUT2D eigenvalue weighted by atomic mass is 9.82.